The summed E-state index contributed by atoms with van der Waals surface area (Å²) in [5, 5.41) is 15.8. The van der Waals surface area contributed by atoms with Crippen LogP contribution in [-0.2, 0) is 9.68 Å². The van der Waals surface area contributed by atoms with Gasteiger partial charge in [0, 0.05) is 47.7 Å². The van der Waals surface area contributed by atoms with Gasteiger partial charge in [-0.2, -0.15) is 0 Å². The van der Waals surface area contributed by atoms with Crippen LogP contribution >= 0.6 is 0 Å². The van der Waals surface area contributed by atoms with E-state index in [1.807, 2.05) is 50.2 Å². The highest BCUT2D eigenvalue weighted by Gasteiger charge is 2.10. The molecule has 1 aliphatic heterocycles. The normalized spacial score (nSPS) is 19.3. The summed E-state index contributed by atoms with van der Waals surface area (Å²) in [4.78, 5) is 11.3. The summed E-state index contributed by atoms with van der Waals surface area (Å²) < 4.78 is 10.8. The molecule has 8 nitrogen and oxygen atoms in total. The average Bonchev–Trinajstić information content (AvgIpc) is 2.90. The number of benzene rings is 2. The standard InChI is InChI=1S/C28H40N4O4/c1-21-25-13-11-23(33-3)19-27(25)29-15-7-6-10-18-36-32-22(2)26-14-12-24(34-4)20-28(26)30-16-8-5-9-17-35-31-21/h11-14,19-20,29-30H,5-10,15-18H2,1-4H3/b31-21+,32-22+. The number of ether oxygens (including phenoxy) is 2. The quantitative estimate of drug-likeness (QED) is 0.525. The van der Waals surface area contributed by atoms with Gasteiger partial charge < -0.3 is 29.8 Å². The van der Waals surface area contributed by atoms with Crippen LogP contribution in [0.2, 0.25) is 0 Å². The summed E-state index contributed by atoms with van der Waals surface area (Å²) in [6.45, 7) is 6.81. The monoisotopic (exact) mass is 496 g/mol. The number of hydrogen-bond donors (Lipinski definition) is 2. The van der Waals surface area contributed by atoms with E-state index in [2.05, 4.69) is 20.9 Å². The molecule has 196 valence electrons. The van der Waals surface area contributed by atoms with Crippen molar-refractivity contribution in [2.45, 2.75) is 52.4 Å². The Labute approximate surface area is 215 Å². The molecule has 0 unspecified atom stereocenters. The van der Waals surface area contributed by atoms with E-state index in [9.17, 15) is 0 Å². The van der Waals surface area contributed by atoms with Gasteiger partial charge in [-0.25, -0.2) is 0 Å². The van der Waals surface area contributed by atoms with Crippen LogP contribution in [0.25, 0.3) is 0 Å². The molecule has 1 heterocycles. The van der Waals surface area contributed by atoms with Crippen LogP contribution < -0.4 is 20.1 Å². The first-order valence-electron chi connectivity index (χ1n) is 12.8. The lowest BCUT2D eigenvalue weighted by Gasteiger charge is -2.14. The number of hydrogen-bond acceptors (Lipinski definition) is 8. The lowest BCUT2D eigenvalue weighted by Crippen LogP contribution is -2.09. The molecule has 1 aliphatic rings. The summed E-state index contributed by atoms with van der Waals surface area (Å²) in [5.41, 5.74) is 5.72. The number of rotatable bonds is 2. The van der Waals surface area contributed by atoms with Gasteiger partial charge in [0.25, 0.3) is 0 Å². The van der Waals surface area contributed by atoms with Crippen molar-refractivity contribution in [2.24, 2.45) is 10.3 Å². The Bertz CT molecular complexity index is 941. The van der Waals surface area contributed by atoms with Crippen molar-refractivity contribution < 1.29 is 19.1 Å². The van der Waals surface area contributed by atoms with Gasteiger partial charge in [-0.05, 0) is 76.6 Å². The number of nitrogens with zero attached hydrogens (tertiary/aromatic N) is 2. The molecule has 0 spiro atoms. The second kappa shape index (κ2) is 14.9. The lowest BCUT2D eigenvalue weighted by molar-refractivity contribution is 0.140. The van der Waals surface area contributed by atoms with Crippen LogP contribution in [0.15, 0.2) is 46.7 Å². The first-order valence-corrected chi connectivity index (χ1v) is 12.8. The molecular formula is C28H40N4O4. The molecule has 0 fully saturated rings. The molecule has 36 heavy (non-hydrogen) atoms. The van der Waals surface area contributed by atoms with Gasteiger partial charge >= 0.3 is 0 Å². The van der Waals surface area contributed by atoms with Crippen LogP contribution in [0, 0.1) is 0 Å². The molecule has 0 bridgehead atoms. The highest BCUT2D eigenvalue weighted by Crippen LogP contribution is 2.25. The van der Waals surface area contributed by atoms with Crippen molar-refractivity contribution in [3.05, 3.63) is 47.5 Å². The summed E-state index contributed by atoms with van der Waals surface area (Å²) in [7, 11) is 3.36. The highest BCUT2D eigenvalue weighted by molar-refractivity contribution is 6.04. The van der Waals surface area contributed by atoms with Gasteiger partial charge in [-0.15, -0.1) is 0 Å². The molecule has 0 amide bonds. The molecule has 2 aromatic carbocycles. The maximum atomic E-state index is 5.63. The van der Waals surface area contributed by atoms with Gasteiger partial charge in [-0.3, -0.25) is 0 Å². The molecule has 0 aliphatic carbocycles. The summed E-state index contributed by atoms with van der Waals surface area (Å²) in [6.07, 6.45) is 5.97. The first-order chi connectivity index (χ1) is 17.6. The van der Waals surface area contributed by atoms with Crippen molar-refractivity contribution in [1.82, 2.24) is 0 Å². The predicted molar refractivity (Wildman–Crippen MR) is 147 cm³/mol. The van der Waals surface area contributed by atoms with E-state index in [1.165, 1.54) is 0 Å². The van der Waals surface area contributed by atoms with E-state index in [1.54, 1.807) is 14.2 Å². The topological polar surface area (TPSA) is 85.7 Å². The summed E-state index contributed by atoms with van der Waals surface area (Å²) in [5.74, 6) is 1.62. The van der Waals surface area contributed by atoms with E-state index in [0.29, 0.717) is 13.2 Å². The fourth-order valence-corrected chi connectivity index (χ4v) is 3.99. The van der Waals surface area contributed by atoms with Crippen molar-refractivity contribution in [3.8, 4) is 11.5 Å². The third-order valence-corrected chi connectivity index (χ3v) is 6.09. The van der Waals surface area contributed by atoms with Gasteiger partial charge in [0.05, 0.1) is 25.6 Å². The van der Waals surface area contributed by atoms with Crippen molar-refractivity contribution in [3.63, 3.8) is 0 Å². The molecule has 8 heteroatoms. The SMILES string of the molecule is COc1ccc2c(c1)NCCCCCO/N=C(\C)c1ccc(OC)cc1NCCCCCO/N=C/2C. The first kappa shape index (κ1) is 27.2. The fourth-order valence-electron chi connectivity index (χ4n) is 3.99. The Morgan fingerprint density at radius 1 is 0.639 bits per heavy atom. The number of fused-ring (bicyclic) bond motifs is 2. The van der Waals surface area contributed by atoms with Crippen molar-refractivity contribution >= 4 is 22.8 Å². The van der Waals surface area contributed by atoms with E-state index in [0.717, 1.165) is 97.0 Å². The minimum absolute atomic E-state index is 0.587. The summed E-state index contributed by atoms with van der Waals surface area (Å²) in [6, 6.07) is 12.0. The number of anilines is 2. The third-order valence-electron chi connectivity index (χ3n) is 6.09. The van der Waals surface area contributed by atoms with E-state index in [-0.39, 0.29) is 0 Å². The minimum atomic E-state index is 0.587. The Balaban J connectivity index is 1.67. The Hall–Kier alpha value is -3.42. The molecular weight excluding hydrogens is 456 g/mol. The van der Waals surface area contributed by atoms with Gasteiger partial charge in [0.15, 0.2) is 0 Å². The van der Waals surface area contributed by atoms with Crippen LogP contribution in [0.3, 0.4) is 0 Å². The predicted octanol–water partition coefficient (Wildman–Crippen LogP) is 6.06. The maximum absolute atomic E-state index is 5.63. The number of nitrogens with one attached hydrogen (secondary N) is 2. The zero-order valence-corrected chi connectivity index (χ0v) is 22.1. The molecule has 2 N–H and O–H groups in total. The second-order valence-electron chi connectivity index (χ2n) is 8.82. The van der Waals surface area contributed by atoms with Gasteiger partial charge in [0.1, 0.15) is 24.7 Å². The molecule has 0 aromatic heterocycles. The van der Waals surface area contributed by atoms with Gasteiger partial charge in [0.2, 0.25) is 0 Å². The maximum Gasteiger partial charge on any atom is 0.120 e. The molecule has 0 saturated heterocycles. The van der Waals surface area contributed by atoms with Crippen molar-refractivity contribution in [2.75, 3.05) is 51.2 Å². The molecule has 3 rings (SSSR count). The van der Waals surface area contributed by atoms with E-state index in [4.69, 9.17) is 19.1 Å². The van der Waals surface area contributed by atoms with Crippen LogP contribution in [0.4, 0.5) is 11.4 Å². The molecule has 2 aromatic rings. The fraction of sp³-hybridized carbons (Fsp3) is 0.500. The molecule has 0 saturated carbocycles. The second-order valence-corrected chi connectivity index (χ2v) is 8.82. The minimum Gasteiger partial charge on any atom is -0.497 e. The van der Waals surface area contributed by atoms with E-state index >= 15 is 0 Å². The Morgan fingerprint density at radius 2 is 1.08 bits per heavy atom. The third kappa shape index (κ3) is 8.36. The van der Waals surface area contributed by atoms with E-state index < -0.39 is 0 Å². The average molecular weight is 497 g/mol. The zero-order valence-electron chi connectivity index (χ0n) is 22.1. The largest absolute Gasteiger partial charge is 0.497 e. The smallest absolute Gasteiger partial charge is 0.120 e. The summed E-state index contributed by atoms with van der Waals surface area (Å²) >= 11 is 0. The highest BCUT2D eigenvalue weighted by atomic mass is 16.6. The van der Waals surface area contributed by atoms with Crippen LogP contribution in [-0.4, -0.2) is 51.9 Å². The van der Waals surface area contributed by atoms with Crippen molar-refractivity contribution in [1.29, 1.82) is 0 Å². The lowest BCUT2D eigenvalue weighted by atomic mass is 10.1. The molecule has 0 atom stereocenters. The molecule has 0 radical (unpaired) electrons. The number of methoxy groups -OCH3 is 2. The zero-order chi connectivity index (χ0) is 25.6. The van der Waals surface area contributed by atoms with Crippen LogP contribution in [0.5, 0.6) is 11.5 Å². The Kier molecular flexibility index (Phi) is 11.2. The van der Waals surface area contributed by atoms with Crippen LogP contribution in [0.1, 0.15) is 63.5 Å². The Morgan fingerprint density at radius 3 is 1.50 bits per heavy atom. The van der Waals surface area contributed by atoms with Gasteiger partial charge in [-0.1, -0.05) is 10.3 Å². The number of oxime groups is 2.